The van der Waals surface area contributed by atoms with Crippen molar-refractivity contribution < 1.29 is 0 Å². The van der Waals surface area contributed by atoms with Gasteiger partial charge in [0.05, 0.1) is 6.67 Å². The SMILES string of the molecule is NCN(C1=CCc2ccccc21)c1ccccc1. The molecule has 2 aromatic rings. The van der Waals surface area contributed by atoms with E-state index in [1.807, 2.05) is 18.2 Å². The van der Waals surface area contributed by atoms with Crippen LogP contribution in [0.3, 0.4) is 0 Å². The zero-order valence-electron chi connectivity index (χ0n) is 10.2. The molecule has 0 aliphatic heterocycles. The fourth-order valence-electron chi connectivity index (χ4n) is 2.47. The summed E-state index contributed by atoms with van der Waals surface area (Å²) >= 11 is 0. The normalized spacial score (nSPS) is 13.1. The van der Waals surface area contributed by atoms with Crippen LogP contribution < -0.4 is 10.6 Å². The number of benzene rings is 2. The third-order valence-corrected chi connectivity index (χ3v) is 3.35. The fourth-order valence-corrected chi connectivity index (χ4v) is 2.47. The zero-order chi connectivity index (χ0) is 12.4. The molecule has 1 aliphatic rings. The minimum atomic E-state index is 0.490. The van der Waals surface area contributed by atoms with Crippen LogP contribution in [0, 0.1) is 0 Å². The molecule has 0 radical (unpaired) electrons. The number of rotatable bonds is 3. The Labute approximate surface area is 107 Å². The van der Waals surface area contributed by atoms with E-state index in [2.05, 4.69) is 47.4 Å². The Kier molecular flexibility index (Phi) is 2.87. The second kappa shape index (κ2) is 4.67. The van der Waals surface area contributed by atoms with Crippen molar-refractivity contribution in [1.29, 1.82) is 0 Å². The van der Waals surface area contributed by atoms with Gasteiger partial charge in [-0.3, -0.25) is 0 Å². The van der Waals surface area contributed by atoms with Gasteiger partial charge < -0.3 is 10.6 Å². The van der Waals surface area contributed by atoms with Crippen LogP contribution in [-0.2, 0) is 6.42 Å². The van der Waals surface area contributed by atoms with Crippen LogP contribution >= 0.6 is 0 Å². The van der Waals surface area contributed by atoms with Gasteiger partial charge in [-0.25, -0.2) is 0 Å². The number of allylic oxidation sites excluding steroid dienone is 1. The summed E-state index contributed by atoms with van der Waals surface area (Å²) in [6.45, 7) is 0.490. The van der Waals surface area contributed by atoms with E-state index >= 15 is 0 Å². The smallest absolute Gasteiger partial charge is 0.0706 e. The third kappa shape index (κ3) is 1.81. The first-order valence-corrected chi connectivity index (χ1v) is 6.21. The Hall–Kier alpha value is -2.06. The van der Waals surface area contributed by atoms with E-state index in [1.165, 1.54) is 16.8 Å². The van der Waals surface area contributed by atoms with Crippen molar-refractivity contribution in [2.24, 2.45) is 5.73 Å². The lowest BCUT2D eigenvalue weighted by Crippen LogP contribution is -2.27. The van der Waals surface area contributed by atoms with Gasteiger partial charge in [-0.1, -0.05) is 48.5 Å². The number of nitrogens with zero attached hydrogens (tertiary/aromatic N) is 1. The fraction of sp³-hybridized carbons (Fsp3) is 0.125. The van der Waals surface area contributed by atoms with Crippen LogP contribution in [0.25, 0.3) is 5.70 Å². The summed E-state index contributed by atoms with van der Waals surface area (Å²) < 4.78 is 0. The van der Waals surface area contributed by atoms with Crippen molar-refractivity contribution in [2.45, 2.75) is 6.42 Å². The van der Waals surface area contributed by atoms with Crippen molar-refractivity contribution in [1.82, 2.24) is 0 Å². The number of anilines is 1. The topological polar surface area (TPSA) is 29.3 Å². The number of hydrogen-bond acceptors (Lipinski definition) is 2. The lowest BCUT2D eigenvalue weighted by Gasteiger charge is -2.25. The van der Waals surface area contributed by atoms with E-state index in [-0.39, 0.29) is 0 Å². The molecule has 0 fully saturated rings. The van der Waals surface area contributed by atoms with E-state index in [0.717, 1.165) is 12.1 Å². The molecule has 2 nitrogen and oxygen atoms in total. The summed E-state index contributed by atoms with van der Waals surface area (Å²) in [5.74, 6) is 0. The first-order chi connectivity index (χ1) is 8.90. The summed E-state index contributed by atoms with van der Waals surface area (Å²) in [5.41, 5.74) is 11.0. The number of para-hydroxylation sites is 1. The maximum absolute atomic E-state index is 5.93. The molecule has 90 valence electrons. The zero-order valence-corrected chi connectivity index (χ0v) is 10.2. The second-order valence-electron chi connectivity index (χ2n) is 4.40. The largest absolute Gasteiger partial charge is 0.328 e. The van der Waals surface area contributed by atoms with E-state index in [0.29, 0.717) is 6.67 Å². The highest BCUT2D eigenvalue weighted by molar-refractivity contribution is 5.83. The van der Waals surface area contributed by atoms with E-state index in [1.54, 1.807) is 0 Å². The Morgan fingerprint density at radius 2 is 1.67 bits per heavy atom. The van der Waals surface area contributed by atoms with Crippen LogP contribution in [0.5, 0.6) is 0 Å². The van der Waals surface area contributed by atoms with Gasteiger partial charge in [0.2, 0.25) is 0 Å². The Morgan fingerprint density at radius 3 is 2.44 bits per heavy atom. The van der Waals surface area contributed by atoms with E-state index in [9.17, 15) is 0 Å². The van der Waals surface area contributed by atoms with Crippen LogP contribution in [-0.4, -0.2) is 6.67 Å². The van der Waals surface area contributed by atoms with Gasteiger partial charge >= 0.3 is 0 Å². The van der Waals surface area contributed by atoms with Gasteiger partial charge in [0.15, 0.2) is 0 Å². The van der Waals surface area contributed by atoms with Gasteiger partial charge in [0, 0.05) is 16.9 Å². The second-order valence-corrected chi connectivity index (χ2v) is 4.40. The van der Waals surface area contributed by atoms with Gasteiger partial charge in [0.25, 0.3) is 0 Å². The van der Waals surface area contributed by atoms with Crippen LogP contribution in [0.2, 0.25) is 0 Å². The van der Waals surface area contributed by atoms with Gasteiger partial charge in [0.1, 0.15) is 0 Å². The highest BCUT2D eigenvalue weighted by Gasteiger charge is 2.19. The first-order valence-electron chi connectivity index (χ1n) is 6.21. The maximum Gasteiger partial charge on any atom is 0.0706 e. The molecular formula is C16H16N2. The van der Waals surface area contributed by atoms with Gasteiger partial charge in [-0.05, 0) is 24.1 Å². The average Bonchev–Trinajstić information content (AvgIpc) is 2.85. The molecule has 0 saturated heterocycles. The quantitative estimate of drug-likeness (QED) is 0.830. The number of hydrogen-bond donors (Lipinski definition) is 1. The molecule has 0 heterocycles. The molecule has 2 N–H and O–H groups in total. The van der Waals surface area contributed by atoms with Crippen LogP contribution in [0.4, 0.5) is 5.69 Å². The monoisotopic (exact) mass is 236 g/mol. The van der Waals surface area contributed by atoms with Crippen LogP contribution in [0.1, 0.15) is 11.1 Å². The average molecular weight is 236 g/mol. The van der Waals surface area contributed by atoms with Crippen molar-refractivity contribution in [2.75, 3.05) is 11.6 Å². The first kappa shape index (κ1) is 11.1. The standard InChI is InChI=1S/C16H16N2/c17-12-18(14-7-2-1-3-8-14)16-11-10-13-6-4-5-9-15(13)16/h1-9,11H,10,12,17H2. The van der Waals surface area contributed by atoms with E-state index in [4.69, 9.17) is 5.73 Å². The Bertz CT molecular complexity index is 573. The molecule has 0 aromatic heterocycles. The lowest BCUT2D eigenvalue weighted by atomic mass is 10.1. The summed E-state index contributed by atoms with van der Waals surface area (Å²) in [5, 5.41) is 0. The van der Waals surface area contributed by atoms with Crippen LogP contribution in [0.15, 0.2) is 60.7 Å². The highest BCUT2D eigenvalue weighted by atomic mass is 15.2. The molecule has 0 amide bonds. The summed E-state index contributed by atoms with van der Waals surface area (Å²) in [7, 11) is 0. The van der Waals surface area contributed by atoms with Gasteiger partial charge in [-0.15, -0.1) is 0 Å². The van der Waals surface area contributed by atoms with Crippen molar-refractivity contribution >= 4 is 11.4 Å². The van der Waals surface area contributed by atoms with Crippen molar-refractivity contribution in [3.63, 3.8) is 0 Å². The third-order valence-electron chi connectivity index (χ3n) is 3.35. The Morgan fingerprint density at radius 1 is 0.944 bits per heavy atom. The minimum Gasteiger partial charge on any atom is -0.328 e. The molecule has 3 rings (SSSR count). The number of fused-ring (bicyclic) bond motifs is 1. The maximum atomic E-state index is 5.93. The molecule has 2 aromatic carbocycles. The molecule has 2 heteroatoms. The summed E-state index contributed by atoms with van der Waals surface area (Å²) in [6, 6.07) is 18.8. The summed E-state index contributed by atoms with van der Waals surface area (Å²) in [4.78, 5) is 2.16. The molecule has 1 aliphatic carbocycles. The number of nitrogens with two attached hydrogens (primary N) is 1. The molecular weight excluding hydrogens is 220 g/mol. The summed E-state index contributed by atoms with van der Waals surface area (Å²) in [6.07, 6.45) is 3.25. The molecule has 18 heavy (non-hydrogen) atoms. The lowest BCUT2D eigenvalue weighted by molar-refractivity contribution is 0.991. The van der Waals surface area contributed by atoms with Crippen molar-refractivity contribution in [3.05, 3.63) is 71.8 Å². The predicted molar refractivity (Wildman–Crippen MR) is 76.1 cm³/mol. The molecule has 0 bridgehead atoms. The van der Waals surface area contributed by atoms with Crippen molar-refractivity contribution in [3.8, 4) is 0 Å². The highest BCUT2D eigenvalue weighted by Crippen LogP contribution is 2.32. The predicted octanol–water partition coefficient (Wildman–Crippen LogP) is 3.01. The molecule has 0 saturated carbocycles. The molecule has 0 unspecified atom stereocenters. The van der Waals surface area contributed by atoms with E-state index < -0.39 is 0 Å². The molecule has 0 atom stereocenters. The minimum absolute atomic E-state index is 0.490. The van der Waals surface area contributed by atoms with Gasteiger partial charge in [-0.2, -0.15) is 0 Å². The Balaban J connectivity index is 2.00. The molecule has 0 spiro atoms.